The third kappa shape index (κ3) is 1.46. The Bertz CT molecular complexity index is 891. The van der Waals surface area contributed by atoms with E-state index < -0.39 is 0 Å². The normalized spacial score (nSPS) is 21.5. The molecule has 0 spiro atoms. The van der Waals surface area contributed by atoms with Gasteiger partial charge in [0.15, 0.2) is 0 Å². The van der Waals surface area contributed by atoms with Gasteiger partial charge in [-0.15, -0.1) is 0 Å². The molecule has 0 saturated heterocycles. The molecule has 1 heterocycles. The fourth-order valence-corrected chi connectivity index (χ4v) is 3.79. The summed E-state index contributed by atoms with van der Waals surface area (Å²) >= 11 is 0. The maximum Gasteiger partial charge on any atom is 0.0624 e. The van der Waals surface area contributed by atoms with Crippen molar-refractivity contribution in [2.45, 2.75) is 12.0 Å². The van der Waals surface area contributed by atoms with Gasteiger partial charge in [0.2, 0.25) is 0 Å². The second-order valence-electron chi connectivity index (χ2n) is 5.89. The SMILES string of the molecule is C1=CC2c3ccc4ccccc4c3NC2c2ccccc21. The first-order valence-electron chi connectivity index (χ1n) is 7.47. The van der Waals surface area contributed by atoms with Crippen LogP contribution in [0.1, 0.15) is 28.7 Å². The van der Waals surface area contributed by atoms with Crippen molar-refractivity contribution >= 4 is 22.5 Å². The molecule has 3 aromatic carbocycles. The summed E-state index contributed by atoms with van der Waals surface area (Å²) in [5, 5.41) is 6.42. The molecule has 100 valence electrons. The van der Waals surface area contributed by atoms with Crippen molar-refractivity contribution < 1.29 is 0 Å². The molecule has 0 radical (unpaired) electrons. The summed E-state index contributed by atoms with van der Waals surface area (Å²) in [4.78, 5) is 0. The lowest BCUT2D eigenvalue weighted by molar-refractivity contribution is 0.726. The highest BCUT2D eigenvalue weighted by Gasteiger charge is 2.35. The third-order valence-corrected chi connectivity index (χ3v) is 4.79. The van der Waals surface area contributed by atoms with Gasteiger partial charge in [-0.05, 0) is 22.1 Å². The van der Waals surface area contributed by atoms with Crippen molar-refractivity contribution in [3.05, 3.63) is 83.4 Å². The van der Waals surface area contributed by atoms with Gasteiger partial charge in [0.1, 0.15) is 0 Å². The van der Waals surface area contributed by atoms with Crippen LogP contribution in [0.2, 0.25) is 0 Å². The van der Waals surface area contributed by atoms with Crippen LogP contribution in [0.15, 0.2) is 66.7 Å². The van der Waals surface area contributed by atoms with Gasteiger partial charge in [-0.3, -0.25) is 0 Å². The third-order valence-electron chi connectivity index (χ3n) is 4.79. The fraction of sp³-hybridized carbons (Fsp3) is 0.100. The van der Waals surface area contributed by atoms with Crippen molar-refractivity contribution in [3.8, 4) is 0 Å². The number of fused-ring (bicyclic) bond motifs is 7. The number of anilines is 1. The Hall–Kier alpha value is -2.54. The predicted octanol–water partition coefficient (Wildman–Crippen LogP) is 5.12. The van der Waals surface area contributed by atoms with E-state index in [1.165, 1.54) is 33.2 Å². The zero-order valence-electron chi connectivity index (χ0n) is 11.6. The van der Waals surface area contributed by atoms with Crippen molar-refractivity contribution in [1.29, 1.82) is 0 Å². The Morgan fingerprint density at radius 1 is 0.762 bits per heavy atom. The van der Waals surface area contributed by atoms with Crippen LogP contribution >= 0.6 is 0 Å². The summed E-state index contributed by atoms with van der Waals surface area (Å²) in [7, 11) is 0. The van der Waals surface area contributed by atoms with E-state index in [0.29, 0.717) is 12.0 Å². The Kier molecular flexibility index (Phi) is 2.12. The second kappa shape index (κ2) is 3.98. The lowest BCUT2D eigenvalue weighted by Gasteiger charge is -2.24. The number of benzene rings is 3. The Balaban J connectivity index is 1.75. The van der Waals surface area contributed by atoms with Gasteiger partial charge in [-0.2, -0.15) is 0 Å². The molecular weight excluding hydrogens is 254 g/mol. The minimum atomic E-state index is 0.368. The van der Waals surface area contributed by atoms with E-state index in [9.17, 15) is 0 Å². The van der Waals surface area contributed by atoms with E-state index in [0.717, 1.165) is 0 Å². The molecule has 0 bridgehead atoms. The lowest BCUT2D eigenvalue weighted by Crippen LogP contribution is -2.14. The molecule has 3 aromatic rings. The van der Waals surface area contributed by atoms with Gasteiger partial charge in [0, 0.05) is 17.0 Å². The molecular formula is C20H15N. The molecule has 0 saturated carbocycles. The molecule has 1 aliphatic carbocycles. The topological polar surface area (TPSA) is 12.0 Å². The Morgan fingerprint density at radius 2 is 1.62 bits per heavy atom. The molecule has 1 aliphatic heterocycles. The highest BCUT2D eigenvalue weighted by molar-refractivity contribution is 5.97. The average Bonchev–Trinajstić information content (AvgIpc) is 2.94. The standard InChI is InChI=1S/C20H15N/c1-3-7-15-13(5-1)9-11-17-18-12-10-14-6-2-4-8-16(14)20(18)21-19(15)17/h1-12,17,19,21H. The summed E-state index contributed by atoms with van der Waals surface area (Å²) in [6.07, 6.45) is 4.61. The molecule has 21 heavy (non-hydrogen) atoms. The first-order chi connectivity index (χ1) is 10.4. The largest absolute Gasteiger partial charge is 0.377 e. The molecule has 1 heteroatoms. The molecule has 5 rings (SSSR count). The van der Waals surface area contributed by atoms with Gasteiger partial charge in [-0.1, -0.05) is 72.8 Å². The van der Waals surface area contributed by atoms with Crippen LogP contribution < -0.4 is 5.32 Å². The van der Waals surface area contributed by atoms with Gasteiger partial charge in [-0.25, -0.2) is 0 Å². The van der Waals surface area contributed by atoms with E-state index in [1.54, 1.807) is 0 Å². The molecule has 2 unspecified atom stereocenters. The Morgan fingerprint density at radius 3 is 2.62 bits per heavy atom. The maximum atomic E-state index is 3.78. The van der Waals surface area contributed by atoms with Crippen molar-refractivity contribution in [2.24, 2.45) is 0 Å². The van der Waals surface area contributed by atoms with Crippen molar-refractivity contribution in [2.75, 3.05) is 5.32 Å². The van der Waals surface area contributed by atoms with Crippen LogP contribution in [-0.4, -0.2) is 0 Å². The molecule has 1 N–H and O–H groups in total. The summed E-state index contributed by atoms with van der Waals surface area (Å²) in [6, 6.07) is 22.2. The van der Waals surface area contributed by atoms with Gasteiger partial charge in [0.25, 0.3) is 0 Å². The number of rotatable bonds is 0. The second-order valence-corrected chi connectivity index (χ2v) is 5.89. The van der Waals surface area contributed by atoms with Crippen LogP contribution in [0.5, 0.6) is 0 Å². The van der Waals surface area contributed by atoms with E-state index in [4.69, 9.17) is 0 Å². The van der Waals surface area contributed by atoms with E-state index in [-0.39, 0.29) is 0 Å². The zero-order chi connectivity index (χ0) is 13.8. The lowest BCUT2D eigenvalue weighted by atomic mass is 9.83. The van der Waals surface area contributed by atoms with Crippen molar-refractivity contribution in [3.63, 3.8) is 0 Å². The van der Waals surface area contributed by atoms with Crippen LogP contribution in [-0.2, 0) is 0 Å². The first kappa shape index (κ1) is 11.2. The van der Waals surface area contributed by atoms with Crippen LogP contribution in [0.3, 0.4) is 0 Å². The predicted molar refractivity (Wildman–Crippen MR) is 88.5 cm³/mol. The molecule has 0 fully saturated rings. The maximum absolute atomic E-state index is 3.78. The van der Waals surface area contributed by atoms with E-state index in [1.807, 2.05) is 0 Å². The quantitative estimate of drug-likeness (QED) is 0.597. The van der Waals surface area contributed by atoms with Gasteiger partial charge in [0.05, 0.1) is 6.04 Å². The highest BCUT2D eigenvalue weighted by Crippen LogP contribution is 2.50. The number of nitrogens with one attached hydrogen (secondary N) is 1. The first-order valence-corrected chi connectivity index (χ1v) is 7.47. The van der Waals surface area contributed by atoms with Crippen LogP contribution in [0, 0.1) is 0 Å². The van der Waals surface area contributed by atoms with E-state index in [2.05, 4.69) is 78.1 Å². The van der Waals surface area contributed by atoms with Gasteiger partial charge >= 0.3 is 0 Å². The van der Waals surface area contributed by atoms with Gasteiger partial charge < -0.3 is 5.32 Å². The zero-order valence-corrected chi connectivity index (χ0v) is 11.6. The number of hydrogen-bond acceptors (Lipinski definition) is 1. The summed E-state index contributed by atoms with van der Waals surface area (Å²) in [5.41, 5.74) is 5.47. The Labute approximate surface area is 123 Å². The molecule has 2 aliphatic rings. The number of hydrogen-bond donors (Lipinski definition) is 1. The molecule has 2 atom stereocenters. The van der Waals surface area contributed by atoms with E-state index >= 15 is 0 Å². The minimum Gasteiger partial charge on any atom is -0.377 e. The highest BCUT2D eigenvalue weighted by atomic mass is 15.0. The van der Waals surface area contributed by atoms with Crippen LogP contribution in [0.25, 0.3) is 16.8 Å². The average molecular weight is 269 g/mol. The fourth-order valence-electron chi connectivity index (χ4n) is 3.79. The summed E-state index contributed by atoms with van der Waals surface area (Å²) in [6.45, 7) is 0. The van der Waals surface area contributed by atoms with Crippen LogP contribution in [0.4, 0.5) is 5.69 Å². The molecule has 0 amide bonds. The summed E-state index contributed by atoms with van der Waals surface area (Å²) in [5.74, 6) is 0.444. The molecule has 0 aromatic heterocycles. The van der Waals surface area contributed by atoms with Crippen molar-refractivity contribution in [1.82, 2.24) is 0 Å². The smallest absolute Gasteiger partial charge is 0.0624 e. The minimum absolute atomic E-state index is 0.368. The molecule has 1 nitrogen and oxygen atoms in total. The monoisotopic (exact) mass is 269 g/mol. The summed E-state index contributed by atoms with van der Waals surface area (Å²) < 4.78 is 0.